The van der Waals surface area contributed by atoms with Crippen molar-refractivity contribution < 1.29 is 0 Å². The lowest BCUT2D eigenvalue weighted by atomic mass is 10.1. The molecule has 4 nitrogen and oxygen atoms in total. The molecule has 0 aliphatic heterocycles. The van der Waals surface area contributed by atoms with Crippen LogP contribution in [0.1, 0.15) is 46.0 Å². The first kappa shape index (κ1) is 15.2. The van der Waals surface area contributed by atoms with Crippen LogP contribution in [0, 0.1) is 0 Å². The maximum atomic E-state index is 11.7. The van der Waals surface area contributed by atoms with Gasteiger partial charge < -0.3 is 5.32 Å². The van der Waals surface area contributed by atoms with Crippen LogP contribution in [0.4, 0.5) is 5.69 Å². The summed E-state index contributed by atoms with van der Waals surface area (Å²) in [5.41, 5.74) is 0.666. The summed E-state index contributed by atoms with van der Waals surface area (Å²) in [7, 11) is 1.64. The first-order chi connectivity index (χ1) is 8.56. The van der Waals surface area contributed by atoms with Gasteiger partial charge in [-0.1, -0.05) is 32.6 Å². The van der Waals surface area contributed by atoms with Gasteiger partial charge >= 0.3 is 0 Å². The van der Waals surface area contributed by atoms with E-state index < -0.39 is 0 Å². The molecule has 102 valence electrons. The van der Waals surface area contributed by atoms with Gasteiger partial charge in [-0.2, -0.15) is 5.10 Å². The van der Waals surface area contributed by atoms with Crippen LogP contribution in [0.25, 0.3) is 0 Å². The monoisotopic (exact) mass is 315 g/mol. The summed E-state index contributed by atoms with van der Waals surface area (Å²) in [6, 6.07) is 0.354. The van der Waals surface area contributed by atoms with E-state index in [1.807, 2.05) is 0 Å². The van der Waals surface area contributed by atoms with Gasteiger partial charge in [0, 0.05) is 13.1 Å². The molecule has 5 heteroatoms. The van der Waals surface area contributed by atoms with Crippen molar-refractivity contribution in [3.05, 3.63) is 21.0 Å². The maximum absolute atomic E-state index is 11.7. The fraction of sp³-hybridized carbons (Fsp3) is 0.692. The number of hydrogen-bond donors (Lipinski definition) is 1. The molecule has 0 aromatic carbocycles. The average Bonchev–Trinajstić information content (AvgIpc) is 2.35. The Bertz CT molecular complexity index is 431. The van der Waals surface area contributed by atoms with Gasteiger partial charge in [0.05, 0.1) is 11.9 Å². The standard InChI is InChI=1S/C13H22BrN3O/c1-4-5-6-7-8-10(2)16-11-9-15-17(3)13(18)12(11)14/h9-10,16H,4-8H2,1-3H3. The minimum Gasteiger partial charge on any atom is -0.380 e. The van der Waals surface area contributed by atoms with Crippen molar-refractivity contribution in [3.63, 3.8) is 0 Å². The van der Waals surface area contributed by atoms with E-state index in [1.165, 1.54) is 30.4 Å². The number of hydrogen-bond acceptors (Lipinski definition) is 3. The van der Waals surface area contributed by atoms with E-state index in [0.717, 1.165) is 12.1 Å². The molecule has 0 fully saturated rings. The van der Waals surface area contributed by atoms with Crippen LogP contribution in [0.3, 0.4) is 0 Å². The van der Waals surface area contributed by atoms with Crippen molar-refractivity contribution in [1.29, 1.82) is 0 Å². The van der Waals surface area contributed by atoms with Crippen molar-refractivity contribution in [3.8, 4) is 0 Å². The van der Waals surface area contributed by atoms with Crippen LogP contribution in [0.15, 0.2) is 15.5 Å². The van der Waals surface area contributed by atoms with Gasteiger partial charge in [0.2, 0.25) is 0 Å². The zero-order chi connectivity index (χ0) is 13.5. The van der Waals surface area contributed by atoms with Crippen molar-refractivity contribution in [2.24, 2.45) is 7.05 Å². The quantitative estimate of drug-likeness (QED) is 0.785. The molecule has 0 saturated carbocycles. The SMILES string of the molecule is CCCCCCC(C)Nc1cnn(C)c(=O)c1Br. The number of aryl methyl sites for hydroxylation is 1. The topological polar surface area (TPSA) is 46.9 Å². The lowest BCUT2D eigenvalue weighted by Crippen LogP contribution is -2.23. The molecule has 0 bridgehead atoms. The summed E-state index contributed by atoms with van der Waals surface area (Å²) in [5.74, 6) is 0. The molecule has 1 rings (SSSR count). The third-order valence-electron chi connectivity index (χ3n) is 2.97. The van der Waals surface area contributed by atoms with Gasteiger partial charge in [-0.05, 0) is 29.3 Å². The molecule has 0 amide bonds. The Morgan fingerprint density at radius 1 is 1.44 bits per heavy atom. The molecule has 1 unspecified atom stereocenters. The van der Waals surface area contributed by atoms with E-state index in [4.69, 9.17) is 0 Å². The third-order valence-corrected chi connectivity index (χ3v) is 3.74. The second-order valence-corrected chi connectivity index (χ2v) is 5.49. The fourth-order valence-corrected chi connectivity index (χ4v) is 2.30. The number of unbranched alkanes of at least 4 members (excludes halogenated alkanes) is 3. The van der Waals surface area contributed by atoms with E-state index in [-0.39, 0.29) is 5.56 Å². The highest BCUT2D eigenvalue weighted by atomic mass is 79.9. The zero-order valence-corrected chi connectivity index (χ0v) is 13.0. The summed E-state index contributed by atoms with van der Waals surface area (Å²) in [4.78, 5) is 11.7. The van der Waals surface area contributed by atoms with E-state index >= 15 is 0 Å². The molecule has 0 spiro atoms. The van der Waals surface area contributed by atoms with Crippen molar-refractivity contribution in [2.45, 2.75) is 52.0 Å². The minimum absolute atomic E-state index is 0.113. The summed E-state index contributed by atoms with van der Waals surface area (Å²) < 4.78 is 1.88. The van der Waals surface area contributed by atoms with Gasteiger partial charge in [0.15, 0.2) is 0 Å². The molecular weight excluding hydrogens is 294 g/mol. The van der Waals surface area contributed by atoms with Gasteiger partial charge in [0.1, 0.15) is 4.47 Å². The number of anilines is 1. The molecule has 1 aromatic heterocycles. The summed E-state index contributed by atoms with van der Waals surface area (Å²) in [6.45, 7) is 4.35. The number of rotatable bonds is 7. The second kappa shape index (κ2) is 7.56. The van der Waals surface area contributed by atoms with Crippen LogP contribution in [0.2, 0.25) is 0 Å². The molecule has 1 aromatic rings. The predicted molar refractivity (Wildman–Crippen MR) is 79.0 cm³/mol. The Hall–Kier alpha value is -0.840. The Labute approximate surface area is 117 Å². The largest absolute Gasteiger partial charge is 0.380 e. The summed E-state index contributed by atoms with van der Waals surface area (Å²) in [5, 5.41) is 7.35. The Kier molecular flexibility index (Phi) is 6.39. The summed E-state index contributed by atoms with van der Waals surface area (Å²) >= 11 is 3.32. The van der Waals surface area contributed by atoms with E-state index in [1.54, 1.807) is 13.2 Å². The van der Waals surface area contributed by atoms with E-state index in [9.17, 15) is 4.79 Å². The van der Waals surface area contributed by atoms with Crippen LogP contribution >= 0.6 is 15.9 Å². The number of nitrogens with zero attached hydrogens (tertiary/aromatic N) is 2. The van der Waals surface area contributed by atoms with Gasteiger partial charge in [-0.15, -0.1) is 0 Å². The fourth-order valence-electron chi connectivity index (χ4n) is 1.83. The molecule has 1 atom stereocenters. The summed E-state index contributed by atoms with van der Waals surface area (Å²) in [6.07, 6.45) is 7.85. The molecule has 1 N–H and O–H groups in total. The first-order valence-electron chi connectivity index (χ1n) is 6.54. The van der Waals surface area contributed by atoms with Crippen molar-refractivity contribution in [2.75, 3.05) is 5.32 Å². The van der Waals surface area contributed by atoms with Crippen molar-refractivity contribution >= 4 is 21.6 Å². The zero-order valence-electron chi connectivity index (χ0n) is 11.4. The highest BCUT2D eigenvalue weighted by molar-refractivity contribution is 9.10. The molecular formula is C13H22BrN3O. The van der Waals surface area contributed by atoms with Gasteiger partial charge in [0.25, 0.3) is 5.56 Å². The number of halogens is 1. The Morgan fingerprint density at radius 3 is 2.83 bits per heavy atom. The van der Waals surface area contributed by atoms with Crippen LogP contribution in [-0.2, 0) is 7.05 Å². The van der Waals surface area contributed by atoms with Gasteiger partial charge in [-0.3, -0.25) is 4.79 Å². The third kappa shape index (κ3) is 4.44. The number of nitrogens with one attached hydrogen (secondary N) is 1. The van der Waals surface area contributed by atoms with Gasteiger partial charge in [-0.25, -0.2) is 4.68 Å². The van der Waals surface area contributed by atoms with Crippen LogP contribution < -0.4 is 10.9 Å². The van der Waals surface area contributed by atoms with Crippen LogP contribution in [0.5, 0.6) is 0 Å². The highest BCUT2D eigenvalue weighted by Crippen LogP contribution is 2.18. The lowest BCUT2D eigenvalue weighted by Gasteiger charge is -2.16. The minimum atomic E-state index is -0.113. The van der Waals surface area contributed by atoms with Crippen LogP contribution in [-0.4, -0.2) is 15.8 Å². The molecule has 0 aliphatic rings. The molecule has 18 heavy (non-hydrogen) atoms. The smallest absolute Gasteiger partial charge is 0.282 e. The van der Waals surface area contributed by atoms with E-state index in [2.05, 4.69) is 40.2 Å². The van der Waals surface area contributed by atoms with Crippen molar-refractivity contribution in [1.82, 2.24) is 9.78 Å². The second-order valence-electron chi connectivity index (χ2n) is 4.70. The molecule has 0 radical (unpaired) electrons. The maximum Gasteiger partial charge on any atom is 0.282 e. The Morgan fingerprint density at radius 2 is 2.17 bits per heavy atom. The highest BCUT2D eigenvalue weighted by Gasteiger charge is 2.09. The molecule has 1 heterocycles. The predicted octanol–water partition coefficient (Wildman–Crippen LogP) is 3.31. The first-order valence-corrected chi connectivity index (χ1v) is 7.34. The average molecular weight is 316 g/mol. The number of aromatic nitrogens is 2. The molecule has 0 aliphatic carbocycles. The lowest BCUT2D eigenvalue weighted by molar-refractivity contribution is 0.592. The normalized spacial score (nSPS) is 12.4. The molecule has 0 saturated heterocycles. The Balaban J connectivity index is 2.52. The van der Waals surface area contributed by atoms with E-state index in [0.29, 0.717) is 10.5 Å².